The van der Waals surface area contributed by atoms with Crippen molar-refractivity contribution in [2.24, 2.45) is 0 Å². The Bertz CT molecular complexity index is 1150. The van der Waals surface area contributed by atoms with E-state index in [1.165, 1.54) is 27.8 Å². The van der Waals surface area contributed by atoms with E-state index in [4.69, 9.17) is 4.74 Å². The number of hydrogen-bond acceptors (Lipinski definition) is 4. The smallest absolute Gasteiger partial charge is 0.216 e. The molecule has 2 aromatic carbocycles. The highest BCUT2D eigenvalue weighted by Crippen LogP contribution is 2.46. The van der Waals surface area contributed by atoms with Gasteiger partial charge in [0.25, 0.3) is 0 Å². The van der Waals surface area contributed by atoms with Gasteiger partial charge in [-0.1, -0.05) is 35.8 Å². The van der Waals surface area contributed by atoms with Gasteiger partial charge in [0.15, 0.2) is 5.75 Å². The van der Waals surface area contributed by atoms with Crippen LogP contribution in [0.2, 0.25) is 0 Å². The number of benzene rings is 2. The fraction of sp³-hybridized carbons (Fsp3) is 0.417. The largest absolute Gasteiger partial charge is 0.593 e. The molecule has 164 valence electrons. The number of ether oxygens (including phenoxy) is 1. The first-order valence-electron chi connectivity index (χ1n) is 10.7. The van der Waals surface area contributed by atoms with E-state index in [-0.39, 0.29) is 5.41 Å². The molecule has 1 unspecified atom stereocenters. The molecule has 0 spiro atoms. The number of nitrogens with zero attached hydrogens (tertiary/aromatic N) is 2. The van der Waals surface area contributed by atoms with Gasteiger partial charge in [0.2, 0.25) is 4.90 Å². The third-order valence-electron chi connectivity index (χ3n) is 6.81. The summed E-state index contributed by atoms with van der Waals surface area (Å²) < 4.78 is 22.4. The first-order chi connectivity index (χ1) is 14.8. The van der Waals surface area contributed by atoms with E-state index in [0.717, 1.165) is 47.5 Å². The van der Waals surface area contributed by atoms with Crippen LogP contribution in [0.3, 0.4) is 0 Å². The summed E-state index contributed by atoms with van der Waals surface area (Å²) in [5.41, 5.74) is 6.01. The second-order valence-corrected chi connectivity index (χ2v) is 11.5. The van der Waals surface area contributed by atoms with E-state index >= 15 is 0 Å². The number of methoxy groups -OCH3 is 1. The minimum atomic E-state index is -1.23. The van der Waals surface area contributed by atoms with E-state index in [0.29, 0.717) is 5.75 Å². The zero-order chi connectivity index (χ0) is 21.9. The number of rotatable bonds is 3. The van der Waals surface area contributed by atoms with Crippen LogP contribution in [0, 0.1) is 0 Å². The Morgan fingerprint density at radius 3 is 2.58 bits per heavy atom. The van der Waals surface area contributed by atoms with Crippen LogP contribution in [0.4, 0.5) is 0 Å². The lowest BCUT2D eigenvalue weighted by Gasteiger charge is -2.35. The molecule has 1 saturated heterocycles. The summed E-state index contributed by atoms with van der Waals surface area (Å²) in [6, 6.07) is 10.7. The van der Waals surface area contributed by atoms with E-state index in [1.807, 2.05) is 0 Å². The van der Waals surface area contributed by atoms with Gasteiger partial charge >= 0.3 is 0 Å². The zero-order valence-electron chi connectivity index (χ0n) is 18.4. The standard InChI is InChI=1S/C24H28BrN3O2S/c1-24(2)19-14-21(30-4)22(31(29)28-9-7-27(3)8-10-28)12-15(19)11-18-17-6-5-16(25)13-20(17)26-23(18)24/h5-6,12-14,26H,7-11H2,1-4H3. The van der Waals surface area contributed by atoms with Gasteiger partial charge in [0.1, 0.15) is 0 Å². The Labute approximate surface area is 195 Å². The van der Waals surface area contributed by atoms with Crippen molar-refractivity contribution >= 4 is 38.2 Å². The Morgan fingerprint density at radius 1 is 1.13 bits per heavy atom. The topological polar surface area (TPSA) is 54.6 Å². The summed E-state index contributed by atoms with van der Waals surface area (Å²) >= 11 is 2.36. The van der Waals surface area contributed by atoms with Crippen LogP contribution >= 0.6 is 15.9 Å². The maximum absolute atomic E-state index is 13.5. The number of halogens is 1. The molecule has 1 aliphatic carbocycles. The summed E-state index contributed by atoms with van der Waals surface area (Å²) in [7, 11) is 3.78. The van der Waals surface area contributed by atoms with Crippen molar-refractivity contribution in [3.8, 4) is 5.75 Å². The Kier molecular flexibility index (Phi) is 5.38. The van der Waals surface area contributed by atoms with Crippen LogP contribution < -0.4 is 4.74 Å². The molecule has 7 heteroatoms. The predicted molar refractivity (Wildman–Crippen MR) is 129 cm³/mol. The zero-order valence-corrected chi connectivity index (χ0v) is 20.8. The average molecular weight is 502 g/mol. The molecule has 0 radical (unpaired) electrons. The van der Waals surface area contributed by atoms with Gasteiger partial charge in [-0.25, -0.2) is 0 Å². The molecule has 0 bridgehead atoms. The summed E-state index contributed by atoms with van der Waals surface area (Å²) in [6.07, 6.45) is 0.826. The number of nitrogens with one attached hydrogen (secondary N) is 1. The molecule has 1 aromatic heterocycles. The van der Waals surface area contributed by atoms with Gasteiger partial charge in [-0.15, -0.1) is 4.31 Å². The molecular weight excluding hydrogens is 474 g/mol. The molecule has 1 fully saturated rings. The van der Waals surface area contributed by atoms with Crippen molar-refractivity contribution in [2.75, 3.05) is 40.3 Å². The van der Waals surface area contributed by atoms with Gasteiger partial charge < -0.3 is 19.2 Å². The van der Waals surface area contributed by atoms with E-state index < -0.39 is 11.4 Å². The maximum atomic E-state index is 13.5. The van der Waals surface area contributed by atoms with Crippen molar-refractivity contribution in [3.63, 3.8) is 0 Å². The second-order valence-electron chi connectivity index (χ2n) is 9.11. The van der Waals surface area contributed by atoms with Gasteiger partial charge in [0.05, 0.1) is 31.6 Å². The minimum Gasteiger partial charge on any atom is -0.593 e. The minimum absolute atomic E-state index is 0.199. The van der Waals surface area contributed by atoms with Crippen LogP contribution in [0.25, 0.3) is 10.9 Å². The number of aromatic nitrogens is 1. The van der Waals surface area contributed by atoms with Crippen LogP contribution in [0.1, 0.15) is 36.2 Å². The number of piperazine rings is 1. The monoisotopic (exact) mass is 501 g/mol. The average Bonchev–Trinajstić information content (AvgIpc) is 3.11. The lowest BCUT2D eigenvalue weighted by Crippen LogP contribution is -2.47. The van der Waals surface area contributed by atoms with E-state index in [2.05, 4.69) is 81.3 Å². The molecular formula is C24H28BrN3O2S. The van der Waals surface area contributed by atoms with Crippen molar-refractivity contribution in [1.82, 2.24) is 14.2 Å². The molecule has 3 aromatic rings. The number of H-pyrrole nitrogens is 1. The number of likely N-dealkylation sites (N-methyl/N-ethyl adjacent to an activating group) is 1. The van der Waals surface area contributed by atoms with Gasteiger partial charge in [-0.2, -0.15) is 0 Å². The number of fused-ring (bicyclic) bond motifs is 4. The highest BCUT2D eigenvalue weighted by Gasteiger charge is 2.38. The SMILES string of the molecule is COc1cc2c(cc1[S+]([O-])N1CCN(C)CC1)Cc1c([nH]c3cc(Br)ccc13)C2(C)C. The Hall–Kier alpha value is -1.51. The Morgan fingerprint density at radius 2 is 1.87 bits per heavy atom. The highest BCUT2D eigenvalue weighted by atomic mass is 79.9. The van der Waals surface area contributed by atoms with Gasteiger partial charge in [-0.05, 0) is 41.9 Å². The third-order valence-corrected chi connectivity index (χ3v) is 8.83. The maximum Gasteiger partial charge on any atom is 0.216 e. The molecule has 2 heterocycles. The summed E-state index contributed by atoms with van der Waals surface area (Å²) in [6.45, 7) is 7.98. The molecule has 1 N–H and O–H groups in total. The Balaban J connectivity index is 1.60. The van der Waals surface area contributed by atoms with Crippen molar-refractivity contribution < 1.29 is 9.29 Å². The molecule has 2 aliphatic rings. The summed E-state index contributed by atoms with van der Waals surface area (Å²) in [5.74, 6) is 0.714. The first-order valence-corrected chi connectivity index (χ1v) is 12.6. The van der Waals surface area contributed by atoms with Crippen LogP contribution in [0.5, 0.6) is 5.75 Å². The molecule has 0 saturated carbocycles. The molecule has 1 atom stereocenters. The van der Waals surface area contributed by atoms with Crippen molar-refractivity contribution in [1.29, 1.82) is 0 Å². The normalized spacial score (nSPS) is 19.8. The van der Waals surface area contributed by atoms with Crippen LogP contribution in [0.15, 0.2) is 39.7 Å². The van der Waals surface area contributed by atoms with Crippen LogP contribution in [-0.4, -0.2) is 59.1 Å². The van der Waals surface area contributed by atoms with Gasteiger partial charge in [-0.3, -0.25) is 0 Å². The lowest BCUT2D eigenvalue weighted by atomic mass is 9.72. The fourth-order valence-electron chi connectivity index (χ4n) is 4.99. The number of aromatic amines is 1. The predicted octanol–water partition coefficient (Wildman–Crippen LogP) is 4.44. The molecule has 31 heavy (non-hydrogen) atoms. The van der Waals surface area contributed by atoms with E-state index in [1.54, 1.807) is 7.11 Å². The van der Waals surface area contributed by atoms with E-state index in [9.17, 15) is 4.55 Å². The van der Waals surface area contributed by atoms with Crippen molar-refractivity contribution in [3.05, 3.63) is 57.2 Å². The lowest BCUT2D eigenvalue weighted by molar-refractivity contribution is 0.222. The van der Waals surface area contributed by atoms with Crippen LogP contribution in [-0.2, 0) is 23.2 Å². The summed E-state index contributed by atoms with van der Waals surface area (Å²) in [4.78, 5) is 6.73. The first kappa shape index (κ1) is 21.3. The third kappa shape index (κ3) is 3.51. The highest BCUT2D eigenvalue weighted by molar-refractivity contribution is 9.10. The molecule has 0 amide bonds. The van der Waals surface area contributed by atoms with Crippen molar-refractivity contribution in [2.45, 2.75) is 30.6 Å². The molecule has 5 nitrogen and oxygen atoms in total. The quantitative estimate of drug-likeness (QED) is 0.539. The fourth-order valence-corrected chi connectivity index (χ4v) is 6.68. The number of hydrogen-bond donors (Lipinski definition) is 1. The molecule has 1 aliphatic heterocycles. The summed E-state index contributed by atoms with van der Waals surface area (Å²) in [5, 5.41) is 1.26. The second kappa shape index (κ2) is 7.81. The molecule has 5 rings (SSSR count). The van der Waals surface area contributed by atoms with Gasteiger partial charge in [0, 0.05) is 52.1 Å².